The van der Waals surface area contributed by atoms with Crippen molar-refractivity contribution in [2.24, 2.45) is 12.8 Å². The molecule has 0 spiro atoms. The number of nitrogens with two attached hydrogens (primary N) is 1. The second-order valence-electron chi connectivity index (χ2n) is 4.70. The van der Waals surface area contributed by atoms with Crippen LogP contribution in [0.5, 0.6) is 0 Å². The molecule has 2 aromatic rings. The molecule has 0 aliphatic heterocycles. The molecule has 1 aromatic heterocycles. The Labute approximate surface area is 108 Å². The highest BCUT2D eigenvalue weighted by atomic mass is 16.5. The van der Waals surface area contributed by atoms with Crippen LogP contribution in [0.1, 0.15) is 24.7 Å². The van der Waals surface area contributed by atoms with Crippen LogP contribution in [0.25, 0.3) is 11.0 Å². The third-order valence-corrected chi connectivity index (χ3v) is 3.45. The van der Waals surface area contributed by atoms with E-state index in [0.717, 1.165) is 35.3 Å². The van der Waals surface area contributed by atoms with Gasteiger partial charge in [-0.3, -0.25) is 0 Å². The number of methoxy groups -OCH3 is 1. The maximum absolute atomic E-state index is 5.67. The number of ether oxygens (including phenoxy) is 1. The minimum Gasteiger partial charge on any atom is -0.382 e. The summed E-state index contributed by atoms with van der Waals surface area (Å²) in [4.78, 5) is 4.66. The Kier molecular flexibility index (Phi) is 3.99. The Bertz CT molecular complexity index is 533. The monoisotopic (exact) mass is 247 g/mol. The van der Waals surface area contributed by atoms with Gasteiger partial charge in [-0.1, -0.05) is 6.07 Å². The zero-order valence-electron chi connectivity index (χ0n) is 11.3. The fourth-order valence-corrected chi connectivity index (χ4v) is 2.09. The number of benzene rings is 1. The molecular formula is C14H21N3O. The summed E-state index contributed by atoms with van der Waals surface area (Å²) in [5.41, 5.74) is 9.00. The summed E-state index contributed by atoms with van der Waals surface area (Å²) in [5, 5.41) is 0. The molecule has 98 valence electrons. The number of nitrogens with zero attached hydrogens (tertiary/aromatic N) is 2. The lowest BCUT2D eigenvalue weighted by Gasteiger charge is -2.08. The first-order chi connectivity index (χ1) is 8.65. The molecule has 0 saturated heterocycles. The normalized spacial score (nSPS) is 13.1. The molecule has 0 aliphatic carbocycles. The maximum Gasteiger partial charge on any atom is 0.109 e. The van der Waals surface area contributed by atoms with E-state index in [4.69, 9.17) is 10.5 Å². The van der Waals surface area contributed by atoms with Gasteiger partial charge in [0.25, 0.3) is 0 Å². The summed E-state index contributed by atoms with van der Waals surface area (Å²) in [6.07, 6.45) is 2.18. The molecule has 4 heteroatoms. The fourth-order valence-electron chi connectivity index (χ4n) is 2.09. The Balaban J connectivity index is 2.27. The standard InChI is InChI=1S/C14H21N3O/c1-10(18-3)4-7-14-16-12-6-5-11(9-15)8-13(12)17(14)2/h5-6,8,10H,4,7,9,15H2,1-3H3. The van der Waals surface area contributed by atoms with Crippen LogP contribution in [0.15, 0.2) is 18.2 Å². The Morgan fingerprint density at radius 3 is 2.89 bits per heavy atom. The molecule has 1 aromatic carbocycles. The lowest BCUT2D eigenvalue weighted by Crippen LogP contribution is -2.08. The van der Waals surface area contributed by atoms with Crippen molar-refractivity contribution in [1.29, 1.82) is 0 Å². The van der Waals surface area contributed by atoms with Gasteiger partial charge in [-0.2, -0.15) is 0 Å². The largest absolute Gasteiger partial charge is 0.382 e. The van der Waals surface area contributed by atoms with Gasteiger partial charge in [0.1, 0.15) is 5.82 Å². The number of aromatic nitrogens is 2. The predicted octanol–water partition coefficient (Wildman–Crippen LogP) is 2.00. The zero-order chi connectivity index (χ0) is 13.1. The highest BCUT2D eigenvalue weighted by molar-refractivity contribution is 5.76. The highest BCUT2D eigenvalue weighted by Gasteiger charge is 2.09. The first-order valence-electron chi connectivity index (χ1n) is 6.32. The summed E-state index contributed by atoms with van der Waals surface area (Å²) in [7, 11) is 3.80. The summed E-state index contributed by atoms with van der Waals surface area (Å²) in [6, 6.07) is 6.20. The van der Waals surface area contributed by atoms with Crippen molar-refractivity contribution in [3.05, 3.63) is 29.6 Å². The quantitative estimate of drug-likeness (QED) is 0.879. The van der Waals surface area contributed by atoms with Gasteiger partial charge in [0.05, 0.1) is 17.1 Å². The first kappa shape index (κ1) is 13.1. The maximum atomic E-state index is 5.67. The average molecular weight is 247 g/mol. The van der Waals surface area contributed by atoms with Gasteiger partial charge >= 0.3 is 0 Å². The molecule has 0 fully saturated rings. The Morgan fingerprint density at radius 1 is 1.44 bits per heavy atom. The Morgan fingerprint density at radius 2 is 2.22 bits per heavy atom. The van der Waals surface area contributed by atoms with E-state index in [0.29, 0.717) is 6.54 Å². The summed E-state index contributed by atoms with van der Waals surface area (Å²) in [5.74, 6) is 1.10. The van der Waals surface area contributed by atoms with Crippen molar-refractivity contribution >= 4 is 11.0 Å². The number of hydrogen-bond donors (Lipinski definition) is 1. The fraction of sp³-hybridized carbons (Fsp3) is 0.500. The number of rotatable bonds is 5. The van der Waals surface area contributed by atoms with Crippen molar-refractivity contribution in [3.8, 4) is 0 Å². The minimum atomic E-state index is 0.268. The SMILES string of the molecule is COC(C)CCc1nc2ccc(CN)cc2n1C. The summed E-state index contributed by atoms with van der Waals surface area (Å²) in [6.45, 7) is 2.65. The number of hydrogen-bond acceptors (Lipinski definition) is 3. The number of aryl methyl sites for hydroxylation is 2. The van der Waals surface area contributed by atoms with Crippen molar-refractivity contribution in [3.63, 3.8) is 0 Å². The van der Waals surface area contributed by atoms with E-state index in [1.807, 2.05) is 12.1 Å². The van der Waals surface area contributed by atoms with Crippen molar-refractivity contribution in [2.75, 3.05) is 7.11 Å². The van der Waals surface area contributed by atoms with Crippen molar-refractivity contribution in [1.82, 2.24) is 9.55 Å². The Hall–Kier alpha value is -1.39. The van der Waals surface area contributed by atoms with E-state index in [2.05, 4.69) is 29.6 Å². The molecule has 4 nitrogen and oxygen atoms in total. The van der Waals surface area contributed by atoms with E-state index < -0.39 is 0 Å². The van der Waals surface area contributed by atoms with Crippen LogP contribution in [0.2, 0.25) is 0 Å². The molecule has 0 saturated carbocycles. The molecular weight excluding hydrogens is 226 g/mol. The van der Waals surface area contributed by atoms with Crippen LogP contribution in [-0.2, 0) is 24.8 Å². The molecule has 0 radical (unpaired) electrons. The van der Waals surface area contributed by atoms with E-state index in [-0.39, 0.29) is 6.10 Å². The molecule has 0 amide bonds. The third-order valence-electron chi connectivity index (χ3n) is 3.45. The molecule has 1 atom stereocenters. The van der Waals surface area contributed by atoms with E-state index in [1.54, 1.807) is 7.11 Å². The van der Waals surface area contributed by atoms with Crippen LogP contribution in [-0.4, -0.2) is 22.8 Å². The van der Waals surface area contributed by atoms with Gasteiger partial charge in [0.15, 0.2) is 0 Å². The first-order valence-corrected chi connectivity index (χ1v) is 6.32. The molecule has 2 rings (SSSR count). The molecule has 0 aliphatic rings. The van der Waals surface area contributed by atoms with Gasteiger partial charge in [0, 0.05) is 27.1 Å². The zero-order valence-corrected chi connectivity index (χ0v) is 11.3. The predicted molar refractivity (Wildman–Crippen MR) is 73.4 cm³/mol. The molecule has 2 N–H and O–H groups in total. The van der Waals surface area contributed by atoms with Gasteiger partial charge < -0.3 is 15.0 Å². The van der Waals surface area contributed by atoms with Gasteiger partial charge in [-0.25, -0.2) is 4.98 Å². The van der Waals surface area contributed by atoms with Crippen molar-refractivity contribution < 1.29 is 4.74 Å². The topological polar surface area (TPSA) is 53.1 Å². The van der Waals surface area contributed by atoms with Crippen LogP contribution >= 0.6 is 0 Å². The summed E-state index contributed by atoms with van der Waals surface area (Å²) < 4.78 is 7.42. The van der Waals surface area contributed by atoms with Crippen molar-refractivity contribution in [2.45, 2.75) is 32.4 Å². The van der Waals surface area contributed by atoms with E-state index >= 15 is 0 Å². The van der Waals surface area contributed by atoms with Crippen LogP contribution < -0.4 is 5.73 Å². The van der Waals surface area contributed by atoms with Gasteiger partial charge in [0.2, 0.25) is 0 Å². The minimum absolute atomic E-state index is 0.268. The van der Waals surface area contributed by atoms with Gasteiger partial charge in [-0.15, -0.1) is 0 Å². The van der Waals surface area contributed by atoms with Crippen LogP contribution in [0.3, 0.4) is 0 Å². The molecule has 1 heterocycles. The number of fused-ring (bicyclic) bond motifs is 1. The van der Waals surface area contributed by atoms with E-state index in [1.165, 1.54) is 0 Å². The average Bonchev–Trinajstić information content (AvgIpc) is 2.72. The van der Waals surface area contributed by atoms with E-state index in [9.17, 15) is 0 Å². The number of imidazole rings is 1. The lowest BCUT2D eigenvalue weighted by atomic mass is 10.2. The smallest absolute Gasteiger partial charge is 0.109 e. The van der Waals surface area contributed by atoms with Gasteiger partial charge in [-0.05, 0) is 31.0 Å². The second-order valence-corrected chi connectivity index (χ2v) is 4.70. The molecule has 0 bridgehead atoms. The second kappa shape index (κ2) is 5.50. The lowest BCUT2D eigenvalue weighted by molar-refractivity contribution is 0.110. The van der Waals surface area contributed by atoms with Crippen LogP contribution in [0.4, 0.5) is 0 Å². The molecule has 18 heavy (non-hydrogen) atoms. The third kappa shape index (κ3) is 2.54. The summed E-state index contributed by atoms with van der Waals surface area (Å²) >= 11 is 0. The van der Waals surface area contributed by atoms with Crippen LogP contribution in [0, 0.1) is 0 Å². The highest BCUT2D eigenvalue weighted by Crippen LogP contribution is 2.18. The molecule has 1 unspecified atom stereocenters.